The summed E-state index contributed by atoms with van der Waals surface area (Å²) in [6, 6.07) is 0. The van der Waals surface area contributed by atoms with Crippen LogP contribution in [0.4, 0.5) is 0 Å². The fourth-order valence-electron chi connectivity index (χ4n) is 1.41. The number of carbonyl (C=O) groups is 1. The molecule has 1 unspecified atom stereocenters. The Balaban J connectivity index is 2.20. The van der Waals surface area contributed by atoms with E-state index in [2.05, 4.69) is 4.74 Å². The number of methoxy groups -OCH3 is 1. The molecule has 0 aromatic heterocycles. The first-order valence-electron chi connectivity index (χ1n) is 5.23. The van der Waals surface area contributed by atoms with E-state index in [0.29, 0.717) is 12.2 Å². The van der Waals surface area contributed by atoms with Crippen LogP contribution in [-0.4, -0.2) is 47.9 Å². The zero-order valence-corrected chi connectivity index (χ0v) is 11.2. The second kappa shape index (κ2) is 7.09. The first kappa shape index (κ1) is 13.7. The molecule has 4 nitrogen and oxygen atoms in total. The molecular weight excluding hydrogens is 246 g/mol. The Labute approximate surface area is 106 Å². The first-order chi connectivity index (χ1) is 7.65. The third-order valence-electron chi connectivity index (χ3n) is 2.39. The average molecular weight is 263 g/mol. The van der Waals surface area contributed by atoms with Crippen LogP contribution in [0, 0.1) is 0 Å². The minimum absolute atomic E-state index is 0.109. The van der Waals surface area contributed by atoms with Gasteiger partial charge in [-0.05, 0) is 12.8 Å². The van der Waals surface area contributed by atoms with E-state index in [1.54, 1.807) is 0 Å². The van der Waals surface area contributed by atoms with E-state index >= 15 is 0 Å². The molecule has 1 aliphatic heterocycles. The van der Waals surface area contributed by atoms with Crippen molar-refractivity contribution in [3.8, 4) is 0 Å². The maximum atomic E-state index is 10.9. The smallest absolute Gasteiger partial charge is 0.306 e. The van der Waals surface area contributed by atoms with Gasteiger partial charge in [0.1, 0.15) is 10.5 Å². The number of hydrogen-bond acceptors (Lipinski definition) is 5. The van der Waals surface area contributed by atoms with Crippen molar-refractivity contribution in [3.05, 3.63) is 0 Å². The van der Waals surface area contributed by atoms with Crippen molar-refractivity contribution in [2.75, 3.05) is 26.5 Å². The van der Waals surface area contributed by atoms with Crippen LogP contribution in [0.15, 0.2) is 0 Å². The van der Waals surface area contributed by atoms with Crippen LogP contribution >= 0.6 is 24.0 Å². The number of esters is 1. The fraction of sp³-hybridized carbons (Fsp3) is 0.800. The molecule has 0 aromatic carbocycles. The van der Waals surface area contributed by atoms with E-state index < -0.39 is 0 Å². The molecule has 1 rings (SSSR count). The average Bonchev–Trinajstić information content (AvgIpc) is 2.81. The lowest BCUT2D eigenvalue weighted by molar-refractivity contribution is -0.140. The molecule has 0 N–H and O–H groups in total. The minimum Gasteiger partial charge on any atom is -0.469 e. The molecule has 0 aliphatic carbocycles. The van der Waals surface area contributed by atoms with E-state index in [1.165, 1.54) is 18.9 Å². The molecule has 1 aliphatic rings. The number of carbonyl (C=O) groups excluding carboxylic acids is 1. The van der Waals surface area contributed by atoms with Crippen molar-refractivity contribution in [3.63, 3.8) is 0 Å². The Kier molecular flexibility index (Phi) is 6.08. The molecule has 0 saturated carbocycles. The molecule has 0 bridgehead atoms. The maximum Gasteiger partial charge on any atom is 0.306 e. The number of nitrogens with zero attached hydrogens (tertiary/aromatic N) is 1. The highest BCUT2D eigenvalue weighted by atomic mass is 32.2. The standard InChI is InChI=1S/C10H17NO3S2/c1-11(8-4-3-6-14-8)10(15)16-7-5-9(12)13-2/h8H,3-7H2,1-2H3. The SMILES string of the molecule is COC(=O)CCSC(=S)N(C)C1CCCO1. The Morgan fingerprint density at radius 3 is 3.00 bits per heavy atom. The zero-order chi connectivity index (χ0) is 12.0. The van der Waals surface area contributed by atoms with E-state index in [0.717, 1.165) is 23.8 Å². The molecular formula is C10H17NO3S2. The number of thioether (sulfide) groups is 1. The largest absolute Gasteiger partial charge is 0.469 e. The molecule has 16 heavy (non-hydrogen) atoms. The predicted molar refractivity (Wildman–Crippen MR) is 68.4 cm³/mol. The van der Waals surface area contributed by atoms with E-state index in [-0.39, 0.29) is 12.2 Å². The van der Waals surface area contributed by atoms with Gasteiger partial charge in [-0.2, -0.15) is 0 Å². The summed E-state index contributed by atoms with van der Waals surface area (Å²) < 4.78 is 10.9. The topological polar surface area (TPSA) is 38.8 Å². The second-order valence-electron chi connectivity index (χ2n) is 3.52. The highest BCUT2D eigenvalue weighted by molar-refractivity contribution is 8.22. The quantitative estimate of drug-likeness (QED) is 0.567. The lowest BCUT2D eigenvalue weighted by Crippen LogP contribution is -2.33. The van der Waals surface area contributed by atoms with Crippen molar-refractivity contribution < 1.29 is 14.3 Å². The van der Waals surface area contributed by atoms with Gasteiger partial charge in [-0.15, -0.1) is 0 Å². The van der Waals surface area contributed by atoms with Crippen molar-refractivity contribution in [2.24, 2.45) is 0 Å². The van der Waals surface area contributed by atoms with E-state index in [4.69, 9.17) is 17.0 Å². The molecule has 6 heteroatoms. The molecule has 1 fully saturated rings. The van der Waals surface area contributed by atoms with Gasteiger partial charge in [-0.1, -0.05) is 24.0 Å². The highest BCUT2D eigenvalue weighted by Crippen LogP contribution is 2.19. The summed E-state index contributed by atoms with van der Waals surface area (Å²) in [6.45, 7) is 0.810. The van der Waals surface area contributed by atoms with Crippen molar-refractivity contribution in [1.29, 1.82) is 0 Å². The van der Waals surface area contributed by atoms with Crippen molar-refractivity contribution in [1.82, 2.24) is 4.90 Å². The second-order valence-corrected chi connectivity index (χ2v) is 5.25. The Morgan fingerprint density at radius 2 is 2.44 bits per heavy atom. The normalized spacial score (nSPS) is 19.5. The van der Waals surface area contributed by atoms with Crippen molar-refractivity contribution in [2.45, 2.75) is 25.5 Å². The number of hydrogen-bond donors (Lipinski definition) is 0. The lowest BCUT2D eigenvalue weighted by Gasteiger charge is -2.25. The van der Waals surface area contributed by atoms with Gasteiger partial charge in [0, 0.05) is 19.4 Å². The molecule has 0 radical (unpaired) electrons. The zero-order valence-electron chi connectivity index (χ0n) is 9.60. The van der Waals surface area contributed by atoms with Crippen LogP contribution < -0.4 is 0 Å². The molecule has 0 spiro atoms. The summed E-state index contributed by atoms with van der Waals surface area (Å²) in [5.41, 5.74) is 0. The van der Waals surface area contributed by atoms with Gasteiger partial charge in [0.25, 0.3) is 0 Å². The van der Waals surface area contributed by atoms with Crippen LogP contribution in [0.25, 0.3) is 0 Å². The van der Waals surface area contributed by atoms with Gasteiger partial charge in [0.15, 0.2) is 0 Å². The number of rotatable bonds is 4. The summed E-state index contributed by atoms with van der Waals surface area (Å²) in [5, 5.41) is 0. The monoisotopic (exact) mass is 263 g/mol. The van der Waals surface area contributed by atoms with Gasteiger partial charge in [0.2, 0.25) is 0 Å². The van der Waals surface area contributed by atoms with Crippen LogP contribution in [-0.2, 0) is 14.3 Å². The molecule has 92 valence electrons. The first-order valence-corrected chi connectivity index (χ1v) is 6.62. The van der Waals surface area contributed by atoms with Gasteiger partial charge < -0.3 is 14.4 Å². The summed E-state index contributed by atoms with van der Waals surface area (Å²) >= 11 is 6.75. The minimum atomic E-state index is -0.199. The molecule has 1 saturated heterocycles. The summed E-state index contributed by atoms with van der Waals surface area (Å²) in [6.07, 6.45) is 2.61. The number of ether oxygens (including phenoxy) is 2. The van der Waals surface area contributed by atoms with Crippen LogP contribution in [0.2, 0.25) is 0 Å². The predicted octanol–water partition coefficient (Wildman–Crippen LogP) is 1.64. The summed E-state index contributed by atoms with van der Waals surface area (Å²) in [5.74, 6) is 0.456. The third kappa shape index (κ3) is 4.27. The van der Waals surface area contributed by atoms with Gasteiger partial charge in [-0.25, -0.2) is 0 Å². The summed E-state index contributed by atoms with van der Waals surface area (Å²) in [7, 11) is 3.33. The van der Waals surface area contributed by atoms with Gasteiger partial charge >= 0.3 is 5.97 Å². The Morgan fingerprint density at radius 1 is 1.69 bits per heavy atom. The Bertz CT molecular complexity index is 254. The molecule has 1 atom stereocenters. The molecule has 0 aromatic rings. The van der Waals surface area contributed by atoms with Gasteiger partial charge in [-0.3, -0.25) is 4.79 Å². The van der Waals surface area contributed by atoms with Crippen LogP contribution in [0.3, 0.4) is 0 Å². The lowest BCUT2D eigenvalue weighted by atomic mass is 10.3. The number of thiocarbonyl (C=S) groups is 1. The summed E-state index contributed by atoms with van der Waals surface area (Å²) in [4.78, 5) is 12.9. The fourth-order valence-corrected chi connectivity index (χ4v) is 2.54. The van der Waals surface area contributed by atoms with Crippen LogP contribution in [0.1, 0.15) is 19.3 Å². The third-order valence-corrected chi connectivity index (χ3v) is 3.97. The van der Waals surface area contributed by atoms with Crippen LogP contribution in [0.5, 0.6) is 0 Å². The Hall–Kier alpha value is -0.330. The van der Waals surface area contributed by atoms with E-state index in [9.17, 15) is 4.79 Å². The molecule has 1 heterocycles. The van der Waals surface area contributed by atoms with Gasteiger partial charge in [0.05, 0.1) is 13.5 Å². The highest BCUT2D eigenvalue weighted by Gasteiger charge is 2.22. The maximum absolute atomic E-state index is 10.9. The molecule has 0 amide bonds. The van der Waals surface area contributed by atoms with E-state index in [1.807, 2.05) is 11.9 Å². The van der Waals surface area contributed by atoms with Crippen molar-refractivity contribution >= 4 is 34.3 Å².